The van der Waals surface area contributed by atoms with Crippen molar-refractivity contribution in [1.82, 2.24) is 0 Å². The van der Waals surface area contributed by atoms with Crippen molar-refractivity contribution in [1.29, 1.82) is 0 Å². The molecule has 0 aliphatic carbocycles. The Bertz CT molecular complexity index is 460. The third-order valence-corrected chi connectivity index (χ3v) is 3.73. The van der Waals surface area contributed by atoms with Crippen LogP contribution < -0.4 is 10.2 Å². The normalized spacial score (nSPS) is 16.8. The van der Waals surface area contributed by atoms with E-state index < -0.39 is 0 Å². The van der Waals surface area contributed by atoms with Gasteiger partial charge in [0.25, 0.3) is 0 Å². The van der Waals surface area contributed by atoms with E-state index in [4.69, 9.17) is 10.3 Å². The maximum atomic E-state index is 14.1. The second-order valence-electron chi connectivity index (χ2n) is 5.00. The molecule has 0 spiro atoms. The maximum Gasteiger partial charge on any atom is 0.148 e. The van der Waals surface area contributed by atoms with Gasteiger partial charge in [0.15, 0.2) is 0 Å². The largest absolute Gasteiger partial charge is 0.410 e. The van der Waals surface area contributed by atoms with Crippen molar-refractivity contribution in [3.05, 3.63) is 24.0 Å². The molecule has 0 saturated carbocycles. The number of rotatable bonds is 5. The van der Waals surface area contributed by atoms with Crippen molar-refractivity contribution in [3.63, 3.8) is 0 Å². The predicted molar refractivity (Wildman–Crippen MR) is 76.9 cm³/mol. The minimum atomic E-state index is -0.290. The summed E-state index contributed by atoms with van der Waals surface area (Å²) in [5.74, 6) is 0.253. The minimum Gasteiger partial charge on any atom is -0.410 e. The molecule has 0 amide bonds. The average Bonchev–Trinajstić information content (AvgIpc) is 2.47. The number of nitrogens with zero attached hydrogens (tertiary/aromatic N) is 2. The van der Waals surface area contributed by atoms with Gasteiger partial charge in [-0.3, -0.25) is 0 Å². The van der Waals surface area contributed by atoms with Gasteiger partial charge in [-0.25, -0.2) is 4.39 Å². The van der Waals surface area contributed by atoms with E-state index in [0.29, 0.717) is 17.3 Å². The number of hydrogen-bond acceptors (Lipinski definition) is 4. The summed E-state index contributed by atoms with van der Waals surface area (Å²) in [6.07, 6.45) is 3.89. The number of aliphatic hydroxyl groups is 1. The summed E-state index contributed by atoms with van der Waals surface area (Å²) in [5.41, 5.74) is 1.14. The van der Waals surface area contributed by atoms with Crippen LogP contribution in [0.3, 0.4) is 0 Å². The smallest absolute Gasteiger partial charge is 0.148 e. The minimum absolute atomic E-state index is 0.228. The Labute approximate surface area is 117 Å². The van der Waals surface area contributed by atoms with Gasteiger partial charge in [0, 0.05) is 25.4 Å². The SMILES string of the molecule is OCCC1CCN(c2ccc(N/C=N/O)cc2F)CC1. The number of piperidine rings is 1. The van der Waals surface area contributed by atoms with Crippen LogP contribution in [0.1, 0.15) is 19.3 Å². The van der Waals surface area contributed by atoms with Crippen LogP contribution in [0.4, 0.5) is 15.8 Å². The first-order valence-electron chi connectivity index (χ1n) is 6.82. The van der Waals surface area contributed by atoms with E-state index in [2.05, 4.69) is 10.5 Å². The van der Waals surface area contributed by atoms with Crippen molar-refractivity contribution in [2.45, 2.75) is 19.3 Å². The molecule has 0 aromatic heterocycles. The fraction of sp³-hybridized carbons (Fsp3) is 0.500. The molecule has 1 heterocycles. The van der Waals surface area contributed by atoms with Crippen LogP contribution in [-0.4, -0.2) is 36.3 Å². The van der Waals surface area contributed by atoms with Crippen LogP contribution in [0.2, 0.25) is 0 Å². The van der Waals surface area contributed by atoms with Crippen molar-refractivity contribution in [2.75, 3.05) is 29.9 Å². The Hall–Kier alpha value is -1.82. The summed E-state index contributed by atoms with van der Waals surface area (Å²) in [6.45, 7) is 1.85. The summed E-state index contributed by atoms with van der Waals surface area (Å²) in [4.78, 5) is 2.03. The van der Waals surface area contributed by atoms with Crippen LogP contribution in [-0.2, 0) is 0 Å². The lowest BCUT2D eigenvalue weighted by atomic mass is 9.93. The Morgan fingerprint density at radius 3 is 2.75 bits per heavy atom. The summed E-state index contributed by atoms with van der Waals surface area (Å²) in [7, 11) is 0. The molecule has 0 bridgehead atoms. The lowest BCUT2D eigenvalue weighted by Gasteiger charge is -2.33. The highest BCUT2D eigenvalue weighted by atomic mass is 19.1. The second kappa shape index (κ2) is 7.09. The van der Waals surface area contributed by atoms with Gasteiger partial charge in [-0.2, -0.15) is 0 Å². The van der Waals surface area contributed by atoms with Crippen molar-refractivity contribution >= 4 is 17.7 Å². The molecule has 1 aliphatic rings. The lowest BCUT2D eigenvalue weighted by molar-refractivity contribution is 0.240. The quantitative estimate of drug-likeness (QED) is 0.335. The maximum absolute atomic E-state index is 14.1. The summed E-state index contributed by atoms with van der Waals surface area (Å²) in [5, 5.41) is 22.7. The molecule has 0 atom stereocenters. The fourth-order valence-corrected chi connectivity index (χ4v) is 2.60. The Morgan fingerprint density at radius 1 is 1.40 bits per heavy atom. The summed E-state index contributed by atoms with van der Waals surface area (Å²) < 4.78 is 14.1. The molecule has 5 nitrogen and oxygen atoms in total. The number of halogens is 1. The van der Waals surface area contributed by atoms with Gasteiger partial charge >= 0.3 is 0 Å². The highest BCUT2D eigenvalue weighted by Crippen LogP contribution is 2.28. The number of anilines is 2. The zero-order valence-corrected chi connectivity index (χ0v) is 11.3. The number of nitrogens with one attached hydrogen (secondary N) is 1. The predicted octanol–water partition coefficient (Wildman–Crippen LogP) is 2.25. The van der Waals surface area contributed by atoms with E-state index in [0.717, 1.165) is 38.7 Å². The molecule has 0 unspecified atom stereocenters. The van der Waals surface area contributed by atoms with E-state index in [-0.39, 0.29) is 12.4 Å². The molecule has 3 N–H and O–H groups in total. The first-order chi connectivity index (χ1) is 9.74. The van der Waals surface area contributed by atoms with Gasteiger partial charge in [0.2, 0.25) is 0 Å². The molecule has 6 heteroatoms. The molecule has 1 saturated heterocycles. The molecule has 110 valence electrons. The molecule has 1 aliphatic heterocycles. The first kappa shape index (κ1) is 14.6. The molecule has 2 rings (SSSR count). The van der Waals surface area contributed by atoms with Crippen molar-refractivity contribution < 1.29 is 14.7 Å². The van der Waals surface area contributed by atoms with Crippen molar-refractivity contribution in [2.24, 2.45) is 11.1 Å². The van der Waals surface area contributed by atoms with Gasteiger partial charge in [-0.15, -0.1) is 0 Å². The molecule has 1 aromatic rings. The Balaban J connectivity index is 1.99. The topological polar surface area (TPSA) is 68.1 Å². The third kappa shape index (κ3) is 3.60. The molecule has 0 radical (unpaired) electrons. The van der Waals surface area contributed by atoms with E-state index in [1.807, 2.05) is 4.90 Å². The van der Waals surface area contributed by atoms with Crippen LogP contribution in [0.25, 0.3) is 0 Å². The van der Waals surface area contributed by atoms with Gasteiger partial charge in [-0.1, -0.05) is 5.16 Å². The lowest BCUT2D eigenvalue weighted by Crippen LogP contribution is -2.34. The van der Waals surface area contributed by atoms with Gasteiger partial charge in [0.05, 0.1) is 5.69 Å². The van der Waals surface area contributed by atoms with Gasteiger partial charge in [0.1, 0.15) is 12.2 Å². The Morgan fingerprint density at radius 2 is 2.15 bits per heavy atom. The van der Waals surface area contributed by atoms with E-state index in [1.165, 1.54) is 6.07 Å². The van der Waals surface area contributed by atoms with E-state index in [9.17, 15) is 4.39 Å². The van der Waals surface area contributed by atoms with Gasteiger partial charge < -0.3 is 20.5 Å². The summed E-state index contributed by atoms with van der Waals surface area (Å²) in [6, 6.07) is 4.87. The number of benzene rings is 1. The molecular weight excluding hydrogens is 261 g/mol. The number of oxime groups is 1. The molecule has 1 fully saturated rings. The molecular formula is C14H20FN3O2. The van der Waals surface area contributed by atoms with Crippen LogP contribution in [0.5, 0.6) is 0 Å². The highest BCUT2D eigenvalue weighted by molar-refractivity contribution is 5.75. The standard InChI is InChI=1S/C14H20FN3O2/c15-13-9-12(16-10-17-20)1-2-14(13)18-6-3-11(4-7-18)5-8-19/h1-2,9-11,19-20H,3-8H2,(H,16,17). The highest BCUT2D eigenvalue weighted by Gasteiger charge is 2.20. The zero-order valence-electron chi connectivity index (χ0n) is 11.3. The second-order valence-corrected chi connectivity index (χ2v) is 5.00. The van der Waals surface area contributed by atoms with E-state index >= 15 is 0 Å². The van der Waals surface area contributed by atoms with Crippen LogP contribution in [0.15, 0.2) is 23.4 Å². The number of aliphatic hydroxyl groups excluding tert-OH is 1. The average molecular weight is 281 g/mol. The number of hydrogen-bond donors (Lipinski definition) is 3. The Kier molecular flexibility index (Phi) is 5.17. The third-order valence-electron chi connectivity index (χ3n) is 3.73. The van der Waals surface area contributed by atoms with Crippen molar-refractivity contribution in [3.8, 4) is 0 Å². The molecule has 1 aromatic carbocycles. The van der Waals surface area contributed by atoms with E-state index in [1.54, 1.807) is 12.1 Å². The fourth-order valence-electron chi connectivity index (χ4n) is 2.60. The zero-order chi connectivity index (χ0) is 14.4. The van der Waals surface area contributed by atoms with Gasteiger partial charge in [-0.05, 0) is 43.4 Å². The first-order valence-corrected chi connectivity index (χ1v) is 6.82. The summed E-state index contributed by atoms with van der Waals surface area (Å²) >= 11 is 0. The van der Waals surface area contributed by atoms with Crippen LogP contribution in [0, 0.1) is 11.7 Å². The monoisotopic (exact) mass is 281 g/mol. The molecule has 20 heavy (non-hydrogen) atoms. The van der Waals surface area contributed by atoms with Crippen LogP contribution >= 0.6 is 0 Å².